The SMILES string of the molecule is Cc1c(OC2CCCC(NCC3CCOC3)C2)ccc2[nH]ncc12.Cl. The van der Waals surface area contributed by atoms with Crippen LogP contribution in [0.3, 0.4) is 0 Å². The molecule has 0 bridgehead atoms. The number of halogens is 1. The molecule has 2 fully saturated rings. The van der Waals surface area contributed by atoms with Gasteiger partial charge < -0.3 is 14.8 Å². The van der Waals surface area contributed by atoms with Crippen LogP contribution in [0.4, 0.5) is 0 Å². The summed E-state index contributed by atoms with van der Waals surface area (Å²) in [6.45, 7) is 5.05. The van der Waals surface area contributed by atoms with E-state index >= 15 is 0 Å². The van der Waals surface area contributed by atoms with Crippen molar-refractivity contribution >= 4 is 23.3 Å². The summed E-state index contributed by atoms with van der Waals surface area (Å²) in [5.74, 6) is 1.69. The smallest absolute Gasteiger partial charge is 0.123 e. The van der Waals surface area contributed by atoms with Crippen LogP contribution in [-0.2, 0) is 4.74 Å². The second-order valence-corrected chi connectivity index (χ2v) is 7.26. The molecule has 1 saturated heterocycles. The van der Waals surface area contributed by atoms with Crippen molar-refractivity contribution in [3.05, 3.63) is 23.9 Å². The third kappa shape index (κ3) is 4.27. The molecule has 0 radical (unpaired) electrons. The Morgan fingerprint density at radius 2 is 2.24 bits per heavy atom. The van der Waals surface area contributed by atoms with Gasteiger partial charge >= 0.3 is 0 Å². The number of rotatable bonds is 5. The molecule has 6 heteroatoms. The molecular weight excluding hydrogens is 338 g/mol. The molecular formula is C19H28ClN3O2. The molecule has 25 heavy (non-hydrogen) atoms. The van der Waals surface area contributed by atoms with E-state index in [2.05, 4.69) is 34.6 Å². The highest BCUT2D eigenvalue weighted by Gasteiger charge is 2.25. The fourth-order valence-corrected chi connectivity index (χ4v) is 3.96. The summed E-state index contributed by atoms with van der Waals surface area (Å²) in [4.78, 5) is 0. The predicted molar refractivity (Wildman–Crippen MR) is 102 cm³/mol. The van der Waals surface area contributed by atoms with Crippen LogP contribution in [-0.4, -0.2) is 42.1 Å². The Morgan fingerprint density at radius 1 is 1.32 bits per heavy atom. The average molecular weight is 366 g/mol. The Morgan fingerprint density at radius 3 is 3.08 bits per heavy atom. The molecule has 0 spiro atoms. The maximum absolute atomic E-state index is 6.36. The summed E-state index contributed by atoms with van der Waals surface area (Å²) in [5.41, 5.74) is 2.25. The van der Waals surface area contributed by atoms with Crippen molar-refractivity contribution < 1.29 is 9.47 Å². The number of aromatic nitrogens is 2. The molecule has 1 aromatic heterocycles. The Bertz CT molecular complexity index is 684. The van der Waals surface area contributed by atoms with Crippen LogP contribution >= 0.6 is 12.4 Å². The van der Waals surface area contributed by atoms with Gasteiger partial charge in [-0.2, -0.15) is 5.10 Å². The van der Waals surface area contributed by atoms with Crippen LogP contribution in [0.25, 0.3) is 10.9 Å². The number of H-pyrrole nitrogens is 1. The molecule has 3 unspecified atom stereocenters. The van der Waals surface area contributed by atoms with E-state index in [0.717, 1.165) is 49.3 Å². The zero-order chi connectivity index (χ0) is 16.4. The highest BCUT2D eigenvalue weighted by molar-refractivity contribution is 5.85. The highest BCUT2D eigenvalue weighted by atomic mass is 35.5. The fourth-order valence-electron chi connectivity index (χ4n) is 3.96. The highest BCUT2D eigenvalue weighted by Crippen LogP contribution is 2.30. The van der Waals surface area contributed by atoms with E-state index in [1.807, 2.05) is 6.20 Å². The van der Waals surface area contributed by atoms with Crippen LogP contribution in [0, 0.1) is 12.8 Å². The summed E-state index contributed by atoms with van der Waals surface area (Å²) < 4.78 is 11.8. The third-order valence-electron chi connectivity index (χ3n) is 5.48. The number of ether oxygens (including phenoxy) is 2. The Hall–Kier alpha value is -1.30. The number of benzene rings is 1. The second kappa shape index (κ2) is 8.39. The summed E-state index contributed by atoms with van der Waals surface area (Å²) in [6.07, 6.45) is 8.11. The maximum atomic E-state index is 6.36. The van der Waals surface area contributed by atoms with Gasteiger partial charge in [-0.1, -0.05) is 0 Å². The molecule has 0 amide bonds. The lowest BCUT2D eigenvalue weighted by molar-refractivity contribution is 0.131. The molecule has 2 aliphatic rings. The summed E-state index contributed by atoms with van der Waals surface area (Å²) in [5, 5.41) is 12.0. The quantitative estimate of drug-likeness (QED) is 0.849. The molecule has 2 N–H and O–H groups in total. The van der Waals surface area contributed by atoms with Crippen molar-refractivity contribution in [3.8, 4) is 5.75 Å². The number of fused-ring (bicyclic) bond motifs is 1. The van der Waals surface area contributed by atoms with Gasteiger partial charge in [-0.25, -0.2) is 0 Å². The molecule has 1 aliphatic heterocycles. The first kappa shape index (κ1) is 18.5. The van der Waals surface area contributed by atoms with Crippen LogP contribution in [0.15, 0.2) is 18.3 Å². The van der Waals surface area contributed by atoms with Gasteiger partial charge in [-0.15, -0.1) is 12.4 Å². The summed E-state index contributed by atoms with van der Waals surface area (Å²) in [7, 11) is 0. The second-order valence-electron chi connectivity index (χ2n) is 7.26. The van der Waals surface area contributed by atoms with Gasteiger partial charge in [0, 0.05) is 30.1 Å². The fraction of sp³-hybridized carbons (Fsp3) is 0.632. The maximum Gasteiger partial charge on any atom is 0.123 e. The molecule has 1 aliphatic carbocycles. The van der Waals surface area contributed by atoms with Crippen molar-refractivity contribution in [2.24, 2.45) is 5.92 Å². The number of nitrogens with one attached hydrogen (secondary N) is 2. The minimum absolute atomic E-state index is 0. The number of hydrogen-bond acceptors (Lipinski definition) is 4. The zero-order valence-electron chi connectivity index (χ0n) is 14.8. The lowest BCUT2D eigenvalue weighted by Gasteiger charge is -2.31. The summed E-state index contributed by atoms with van der Waals surface area (Å²) >= 11 is 0. The van der Waals surface area contributed by atoms with Gasteiger partial charge in [0.2, 0.25) is 0 Å². The third-order valence-corrected chi connectivity index (χ3v) is 5.48. The number of nitrogens with zero attached hydrogens (tertiary/aromatic N) is 1. The van der Waals surface area contributed by atoms with E-state index < -0.39 is 0 Å². The van der Waals surface area contributed by atoms with Crippen LogP contribution in [0.2, 0.25) is 0 Å². The van der Waals surface area contributed by atoms with Crippen molar-refractivity contribution in [2.45, 2.75) is 51.2 Å². The largest absolute Gasteiger partial charge is 0.490 e. The topological polar surface area (TPSA) is 59.2 Å². The standard InChI is InChI=1S/C19H27N3O2.ClH/c1-13-17-11-21-22-18(17)5-6-19(13)24-16-4-2-3-15(9-16)20-10-14-7-8-23-12-14;/h5-6,11,14-16,20H,2-4,7-10,12H2,1H3,(H,21,22);1H. The van der Waals surface area contributed by atoms with Gasteiger partial charge in [0.25, 0.3) is 0 Å². The minimum Gasteiger partial charge on any atom is -0.490 e. The molecule has 1 aromatic carbocycles. The van der Waals surface area contributed by atoms with E-state index in [-0.39, 0.29) is 12.4 Å². The monoisotopic (exact) mass is 365 g/mol. The van der Waals surface area contributed by atoms with Crippen molar-refractivity contribution in [1.82, 2.24) is 15.5 Å². The van der Waals surface area contributed by atoms with Crippen molar-refractivity contribution in [1.29, 1.82) is 0 Å². The molecule has 2 aromatic rings. The zero-order valence-corrected chi connectivity index (χ0v) is 15.6. The molecule has 138 valence electrons. The molecule has 5 nitrogen and oxygen atoms in total. The van der Waals surface area contributed by atoms with Gasteiger partial charge in [0.15, 0.2) is 0 Å². The Balaban J connectivity index is 0.00000182. The number of hydrogen-bond donors (Lipinski definition) is 2. The average Bonchev–Trinajstić information content (AvgIpc) is 3.27. The number of aromatic amines is 1. The lowest BCUT2D eigenvalue weighted by Crippen LogP contribution is -2.40. The first-order valence-corrected chi connectivity index (χ1v) is 9.20. The van der Waals surface area contributed by atoms with Gasteiger partial charge in [-0.3, -0.25) is 5.10 Å². The van der Waals surface area contributed by atoms with Crippen LogP contribution in [0.1, 0.15) is 37.7 Å². The Kier molecular flexibility index (Phi) is 6.20. The first-order chi connectivity index (χ1) is 11.8. The van der Waals surface area contributed by atoms with Gasteiger partial charge in [-0.05, 0) is 57.1 Å². The van der Waals surface area contributed by atoms with E-state index in [4.69, 9.17) is 9.47 Å². The van der Waals surface area contributed by atoms with Crippen LogP contribution in [0.5, 0.6) is 5.75 Å². The molecule has 3 atom stereocenters. The van der Waals surface area contributed by atoms with E-state index in [0.29, 0.717) is 18.1 Å². The van der Waals surface area contributed by atoms with Gasteiger partial charge in [0.05, 0.1) is 18.3 Å². The predicted octanol–water partition coefficient (Wildman–Crippen LogP) is 3.61. The van der Waals surface area contributed by atoms with Gasteiger partial charge in [0.1, 0.15) is 11.9 Å². The molecule has 4 rings (SSSR count). The van der Waals surface area contributed by atoms with E-state index in [1.54, 1.807) is 0 Å². The molecule has 2 heterocycles. The Labute approximate surface area is 155 Å². The number of aryl methyl sites for hydroxylation is 1. The first-order valence-electron chi connectivity index (χ1n) is 9.20. The van der Waals surface area contributed by atoms with Crippen molar-refractivity contribution in [2.75, 3.05) is 19.8 Å². The van der Waals surface area contributed by atoms with Crippen molar-refractivity contribution in [3.63, 3.8) is 0 Å². The summed E-state index contributed by atoms with van der Waals surface area (Å²) in [6, 6.07) is 4.70. The van der Waals surface area contributed by atoms with Crippen LogP contribution < -0.4 is 10.1 Å². The van der Waals surface area contributed by atoms with E-state index in [9.17, 15) is 0 Å². The molecule has 1 saturated carbocycles. The minimum atomic E-state index is 0. The van der Waals surface area contributed by atoms with E-state index in [1.165, 1.54) is 24.8 Å². The normalized spacial score (nSPS) is 26.5. The lowest BCUT2D eigenvalue weighted by atomic mass is 9.92.